The minimum absolute atomic E-state index is 0.717. The zero-order valence-corrected chi connectivity index (χ0v) is 28.4. The van der Waals surface area contributed by atoms with E-state index in [1.807, 2.05) is 23.5 Å². The van der Waals surface area contributed by atoms with Gasteiger partial charge in [0.2, 0.25) is 0 Å². The summed E-state index contributed by atoms with van der Waals surface area (Å²) in [6, 6.07) is 64.9. The standard InChI is InChI=1S/C48H30N2S/c1-3-13-32(14-4-1)43-30-44(33-15-5-2-6-16-33)50-48(49-43)41-28-27-40-39-21-11-12-22-45(39)51-47(40)46(41)34-25-23-31(24-26-34)42-29-35-17-7-8-18-36(35)37-19-9-10-20-38(37)42/h1-30H. The highest BCUT2D eigenvalue weighted by atomic mass is 32.1. The van der Waals surface area contributed by atoms with Gasteiger partial charge in [0.05, 0.1) is 11.4 Å². The molecular formula is C48H30N2S. The van der Waals surface area contributed by atoms with Crippen LogP contribution < -0.4 is 0 Å². The molecule has 0 atom stereocenters. The summed E-state index contributed by atoms with van der Waals surface area (Å²) in [6.45, 7) is 0. The van der Waals surface area contributed by atoms with Gasteiger partial charge in [0, 0.05) is 42.4 Å². The molecule has 0 spiro atoms. The lowest BCUT2D eigenvalue weighted by atomic mass is 9.91. The molecule has 0 saturated heterocycles. The second-order valence-corrected chi connectivity index (χ2v) is 14.0. The maximum Gasteiger partial charge on any atom is 0.161 e. The second kappa shape index (κ2) is 12.2. The van der Waals surface area contributed by atoms with Gasteiger partial charge in [0.1, 0.15) is 0 Å². The monoisotopic (exact) mass is 666 g/mol. The van der Waals surface area contributed by atoms with Crippen molar-refractivity contribution in [2.75, 3.05) is 0 Å². The lowest BCUT2D eigenvalue weighted by Gasteiger charge is -2.15. The van der Waals surface area contributed by atoms with Crippen LogP contribution in [0.25, 0.3) is 97.9 Å². The second-order valence-electron chi connectivity index (χ2n) is 12.9. The first-order valence-corrected chi connectivity index (χ1v) is 18.1. The van der Waals surface area contributed by atoms with Gasteiger partial charge in [-0.2, -0.15) is 0 Å². The topological polar surface area (TPSA) is 25.8 Å². The molecule has 8 aromatic carbocycles. The maximum atomic E-state index is 5.27. The third-order valence-electron chi connectivity index (χ3n) is 9.91. The van der Waals surface area contributed by atoms with Gasteiger partial charge in [-0.15, -0.1) is 11.3 Å². The third kappa shape index (κ3) is 5.10. The summed E-state index contributed by atoms with van der Waals surface area (Å²) in [4.78, 5) is 10.5. The molecule has 0 unspecified atom stereocenters. The number of benzene rings is 8. The number of thiophene rings is 1. The van der Waals surface area contributed by atoms with Crippen molar-refractivity contribution in [2.24, 2.45) is 0 Å². The first-order chi connectivity index (χ1) is 25.3. The summed E-state index contributed by atoms with van der Waals surface area (Å²) in [5, 5.41) is 7.59. The summed E-state index contributed by atoms with van der Waals surface area (Å²) in [7, 11) is 0. The van der Waals surface area contributed by atoms with Crippen molar-refractivity contribution in [2.45, 2.75) is 0 Å². The van der Waals surface area contributed by atoms with Gasteiger partial charge in [-0.05, 0) is 62.5 Å². The van der Waals surface area contributed by atoms with Crippen molar-refractivity contribution in [3.63, 3.8) is 0 Å². The molecule has 0 saturated carbocycles. The molecule has 2 nitrogen and oxygen atoms in total. The van der Waals surface area contributed by atoms with E-state index in [2.05, 4.69) is 170 Å². The number of hydrogen-bond acceptors (Lipinski definition) is 3. The Hall–Kier alpha value is -6.42. The lowest BCUT2D eigenvalue weighted by molar-refractivity contribution is 1.18. The molecule has 0 aliphatic rings. The predicted molar refractivity (Wildman–Crippen MR) is 217 cm³/mol. The first kappa shape index (κ1) is 29.5. The summed E-state index contributed by atoms with van der Waals surface area (Å²) in [5.74, 6) is 0.717. The van der Waals surface area contributed by atoms with E-state index in [1.165, 1.54) is 52.8 Å². The third-order valence-corrected chi connectivity index (χ3v) is 11.1. The fourth-order valence-electron chi connectivity index (χ4n) is 7.45. The van der Waals surface area contributed by atoms with Gasteiger partial charge in [0.15, 0.2) is 5.82 Å². The van der Waals surface area contributed by atoms with Crippen LogP contribution in [0.5, 0.6) is 0 Å². The van der Waals surface area contributed by atoms with Crippen LogP contribution in [0.4, 0.5) is 0 Å². The van der Waals surface area contributed by atoms with E-state index < -0.39 is 0 Å². The molecule has 2 heterocycles. The van der Waals surface area contributed by atoms with E-state index in [4.69, 9.17) is 9.97 Å². The van der Waals surface area contributed by atoms with Crippen LogP contribution in [-0.4, -0.2) is 9.97 Å². The Bertz CT molecular complexity index is 2830. The zero-order chi connectivity index (χ0) is 33.7. The predicted octanol–water partition coefficient (Wildman–Crippen LogP) is 13.5. The molecule has 10 aromatic rings. The van der Waals surface area contributed by atoms with Gasteiger partial charge >= 0.3 is 0 Å². The van der Waals surface area contributed by atoms with Crippen LogP contribution in [0.1, 0.15) is 0 Å². The number of rotatable bonds is 5. The van der Waals surface area contributed by atoms with E-state index in [0.29, 0.717) is 5.82 Å². The van der Waals surface area contributed by atoms with E-state index in [-0.39, 0.29) is 0 Å². The number of hydrogen-bond donors (Lipinski definition) is 0. The van der Waals surface area contributed by atoms with E-state index >= 15 is 0 Å². The minimum atomic E-state index is 0.717. The molecule has 2 aromatic heterocycles. The van der Waals surface area contributed by atoms with Crippen LogP contribution >= 0.6 is 11.3 Å². The van der Waals surface area contributed by atoms with Crippen LogP contribution in [0, 0.1) is 0 Å². The van der Waals surface area contributed by atoms with Gasteiger partial charge in [-0.3, -0.25) is 0 Å². The fourth-order valence-corrected chi connectivity index (χ4v) is 8.72. The molecule has 238 valence electrons. The molecule has 0 amide bonds. The van der Waals surface area contributed by atoms with Crippen LogP contribution in [0.3, 0.4) is 0 Å². The van der Waals surface area contributed by atoms with Crippen molar-refractivity contribution in [3.05, 3.63) is 182 Å². The Morgan fingerprint density at radius 3 is 1.63 bits per heavy atom. The maximum absolute atomic E-state index is 5.27. The molecule has 0 radical (unpaired) electrons. The number of nitrogens with zero attached hydrogens (tertiary/aromatic N) is 2. The van der Waals surface area contributed by atoms with Crippen molar-refractivity contribution in [1.82, 2.24) is 9.97 Å². The van der Waals surface area contributed by atoms with Crippen LogP contribution in [0.15, 0.2) is 182 Å². The lowest BCUT2D eigenvalue weighted by Crippen LogP contribution is -1.97. The molecule has 0 fully saturated rings. The van der Waals surface area contributed by atoms with E-state index in [1.54, 1.807) is 0 Å². The Morgan fingerprint density at radius 1 is 0.353 bits per heavy atom. The van der Waals surface area contributed by atoms with Gasteiger partial charge < -0.3 is 0 Å². The minimum Gasteiger partial charge on any atom is -0.228 e. The smallest absolute Gasteiger partial charge is 0.161 e. The van der Waals surface area contributed by atoms with Gasteiger partial charge in [-0.25, -0.2) is 9.97 Å². The van der Waals surface area contributed by atoms with Gasteiger partial charge in [-0.1, -0.05) is 158 Å². The highest BCUT2D eigenvalue weighted by Crippen LogP contribution is 2.45. The quantitative estimate of drug-likeness (QED) is 0.171. The van der Waals surface area contributed by atoms with Crippen molar-refractivity contribution in [1.29, 1.82) is 0 Å². The van der Waals surface area contributed by atoms with Crippen molar-refractivity contribution < 1.29 is 0 Å². The Balaban J connectivity index is 1.20. The fraction of sp³-hybridized carbons (Fsp3) is 0. The normalized spacial score (nSPS) is 11.5. The van der Waals surface area contributed by atoms with Crippen LogP contribution in [-0.2, 0) is 0 Å². The molecular weight excluding hydrogens is 637 g/mol. The van der Waals surface area contributed by atoms with Gasteiger partial charge in [0.25, 0.3) is 0 Å². The molecule has 51 heavy (non-hydrogen) atoms. The van der Waals surface area contributed by atoms with Crippen molar-refractivity contribution in [3.8, 4) is 56.2 Å². The van der Waals surface area contributed by atoms with E-state index in [9.17, 15) is 0 Å². The Labute approximate surface area is 300 Å². The molecule has 0 aliphatic heterocycles. The summed E-state index contributed by atoms with van der Waals surface area (Å²) in [6.07, 6.45) is 0. The zero-order valence-electron chi connectivity index (χ0n) is 27.6. The molecule has 3 heteroatoms. The largest absolute Gasteiger partial charge is 0.228 e. The first-order valence-electron chi connectivity index (χ1n) is 17.2. The average Bonchev–Trinajstić information content (AvgIpc) is 3.60. The Kier molecular flexibility index (Phi) is 7.04. The number of fused-ring (bicyclic) bond motifs is 6. The van der Waals surface area contributed by atoms with Crippen molar-refractivity contribution >= 4 is 53.1 Å². The summed E-state index contributed by atoms with van der Waals surface area (Å²) < 4.78 is 2.52. The molecule has 10 rings (SSSR count). The highest BCUT2D eigenvalue weighted by Gasteiger charge is 2.20. The number of aromatic nitrogens is 2. The average molecular weight is 667 g/mol. The van der Waals surface area contributed by atoms with E-state index in [0.717, 1.165) is 39.2 Å². The molecule has 0 N–H and O–H groups in total. The SMILES string of the molecule is c1ccc(-c2cc(-c3ccccc3)nc(-c3ccc4c(sc5ccccc54)c3-c3ccc(-c4cc5ccccc5c5ccccc45)cc3)n2)cc1. The molecule has 0 aliphatic carbocycles. The highest BCUT2D eigenvalue weighted by molar-refractivity contribution is 7.26. The summed E-state index contributed by atoms with van der Waals surface area (Å²) in [5.41, 5.74) is 9.69. The molecule has 0 bridgehead atoms. The Morgan fingerprint density at radius 2 is 0.922 bits per heavy atom. The van der Waals surface area contributed by atoms with Crippen LogP contribution in [0.2, 0.25) is 0 Å². The summed E-state index contributed by atoms with van der Waals surface area (Å²) >= 11 is 1.84.